The lowest BCUT2D eigenvalue weighted by atomic mass is 9.95. The molecule has 14 heteroatoms. The first-order valence-corrected chi connectivity index (χ1v) is 20.9. The summed E-state index contributed by atoms with van der Waals surface area (Å²) in [5.74, 6) is -1.61. The summed E-state index contributed by atoms with van der Waals surface area (Å²) in [6, 6.07) is 1.28. The average Bonchev–Trinajstić information content (AvgIpc) is 3.17. The number of anilines is 4. The zero-order valence-electron chi connectivity index (χ0n) is 35.8. The van der Waals surface area contributed by atoms with Crippen LogP contribution in [0.4, 0.5) is 22.7 Å². The van der Waals surface area contributed by atoms with Crippen LogP contribution in [-0.2, 0) is 32.0 Å². The molecule has 0 aromatic heterocycles. The molecule has 0 spiro atoms. The highest BCUT2D eigenvalue weighted by Gasteiger charge is 2.31. The Morgan fingerprint density at radius 2 is 1.00 bits per heavy atom. The van der Waals surface area contributed by atoms with Crippen LogP contribution < -0.4 is 29.1 Å². The van der Waals surface area contributed by atoms with E-state index in [4.69, 9.17) is 9.47 Å². The summed E-state index contributed by atoms with van der Waals surface area (Å²) in [5.41, 5.74) is 4.82. The first-order chi connectivity index (χ1) is 27.7. The summed E-state index contributed by atoms with van der Waals surface area (Å²) >= 11 is 0. The lowest BCUT2D eigenvalue weighted by Gasteiger charge is -2.34. The van der Waals surface area contributed by atoms with Crippen molar-refractivity contribution in [2.75, 3.05) is 74.0 Å². The van der Waals surface area contributed by atoms with Crippen LogP contribution >= 0.6 is 0 Å². The number of aromatic hydroxyl groups is 2. The van der Waals surface area contributed by atoms with E-state index in [1.165, 1.54) is 12.2 Å². The van der Waals surface area contributed by atoms with Gasteiger partial charge in [-0.1, -0.05) is 27.7 Å². The molecule has 0 radical (unpaired) electrons. The van der Waals surface area contributed by atoms with Crippen LogP contribution in [0.2, 0.25) is 0 Å². The summed E-state index contributed by atoms with van der Waals surface area (Å²) < 4.78 is 11.8. The van der Waals surface area contributed by atoms with Gasteiger partial charge in [0.25, 0.3) is 0 Å². The number of phenols is 2. The van der Waals surface area contributed by atoms with Crippen molar-refractivity contribution in [2.24, 2.45) is 21.8 Å². The second-order valence-electron chi connectivity index (χ2n) is 16.8. The molecule has 2 heterocycles. The van der Waals surface area contributed by atoms with Crippen LogP contribution in [0.5, 0.6) is 23.0 Å². The normalized spacial score (nSPS) is 15.3. The molecule has 4 rings (SSSR count). The second kappa shape index (κ2) is 21.6. The third-order valence-corrected chi connectivity index (χ3v) is 10.8. The molecule has 0 bridgehead atoms. The number of isocyanates is 2. The van der Waals surface area contributed by atoms with Crippen LogP contribution in [0.1, 0.15) is 103 Å². The SMILES string of the molecule is CC(C)C[C@H](N=C=O)C(=O)Oc1c(O)cc(N2CCCCC2)c(CCCCc2c(N3CCCCC3)cc(O)c(OC(=O)[C@H](CC(C)C)N=C=O)c2N(C)C)c1N(C)C. The van der Waals surface area contributed by atoms with Crippen LogP contribution in [0.25, 0.3) is 0 Å². The van der Waals surface area contributed by atoms with Gasteiger partial charge in [-0.25, -0.2) is 19.2 Å². The van der Waals surface area contributed by atoms with Crippen molar-refractivity contribution < 1.29 is 38.9 Å². The first-order valence-electron chi connectivity index (χ1n) is 20.9. The van der Waals surface area contributed by atoms with Gasteiger partial charge in [0.05, 0.1) is 11.4 Å². The maximum absolute atomic E-state index is 13.5. The highest BCUT2D eigenvalue weighted by Crippen LogP contribution is 2.48. The van der Waals surface area contributed by atoms with E-state index in [2.05, 4.69) is 19.8 Å². The van der Waals surface area contributed by atoms with E-state index in [9.17, 15) is 29.4 Å². The van der Waals surface area contributed by atoms with Gasteiger partial charge in [-0.2, -0.15) is 9.98 Å². The minimum absolute atomic E-state index is 0.0302. The monoisotopic (exact) mass is 804 g/mol. The fraction of sp³-hybridized carbons (Fsp3) is 0.636. The molecule has 0 unspecified atom stereocenters. The predicted molar refractivity (Wildman–Crippen MR) is 228 cm³/mol. The molecule has 2 aliphatic rings. The van der Waals surface area contributed by atoms with E-state index in [1.54, 1.807) is 12.1 Å². The van der Waals surface area contributed by atoms with Crippen molar-refractivity contribution >= 4 is 46.8 Å². The quantitative estimate of drug-likeness (QED) is 0.0488. The van der Waals surface area contributed by atoms with E-state index < -0.39 is 24.0 Å². The number of aliphatic imine (C=N–C) groups is 2. The van der Waals surface area contributed by atoms with E-state index >= 15 is 0 Å². The number of phenolic OH excluding ortho intramolecular Hbond substituents is 2. The summed E-state index contributed by atoms with van der Waals surface area (Å²) in [6.07, 6.45) is 12.5. The number of hydrogen-bond donors (Lipinski definition) is 2. The molecular formula is C44H64N6O8. The molecular weight excluding hydrogens is 741 g/mol. The number of carbonyl (C=O) groups excluding carboxylic acids is 4. The van der Waals surface area contributed by atoms with Crippen molar-refractivity contribution in [2.45, 2.75) is 117 Å². The largest absolute Gasteiger partial charge is 0.504 e. The Kier molecular flexibility index (Phi) is 17.0. The van der Waals surface area contributed by atoms with Crippen molar-refractivity contribution in [3.05, 3.63) is 23.3 Å². The number of piperidine rings is 2. The maximum Gasteiger partial charge on any atom is 0.337 e. The van der Waals surface area contributed by atoms with Crippen molar-refractivity contribution in [1.82, 2.24) is 0 Å². The average molecular weight is 805 g/mol. The van der Waals surface area contributed by atoms with Gasteiger partial charge in [-0.15, -0.1) is 0 Å². The molecule has 0 amide bonds. The number of esters is 2. The molecule has 2 aliphatic heterocycles. The molecule has 2 aromatic carbocycles. The van der Waals surface area contributed by atoms with Crippen molar-refractivity contribution in [3.8, 4) is 23.0 Å². The Hall–Kier alpha value is -5.06. The van der Waals surface area contributed by atoms with Gasteiger partial charge in [0.2, 0.25) is 12.2 Å². The third-order valence-electron chi connectivity index (χ3n) is 10.8. The molecule has 2 atom stereocenters. The lowest BCUT2D eigenvalue weighted by molar-refractivity contribution is -0.137. The summed E-state index contributed by atoms with van der Waals surface area (Å²) in [4.78, 5) is 65.1. The predicted octanol–water partition coefficient (Wildman–Crippen LogP) is 7.09. The highest BCUT2D eigenvalue weighted by molar-refractivity contribution is 5.87. The molecule has 14 nitrogen and oxygen atoms in total. The lowest BCUT2D eigenvalue weighted by Crippen LogP contribution is -2.31. The molecule has 2 N–H and O–H groups in total. The van der Waals surface area contributed by atoms with Gasteiger partial charge >= 0.3 is 11.9 Å². The Bertz CT molecular complexity index is 1690. The van der Waals surface area contributed by atoms with Crippen LogP contribution in [0.3, 0.4) is 0 Å². The number of unbranched alkanes of at least 4 members (excludes halogenated alkanes) is 1. The molecule has 2 saturated heterocycles. The van der Waals surface area contributed by atoms with Crippen LogP contribution in [0, 0.1) is 11.8 Å². The Labute approximate surface area is 343 Å². The molecule has 2 fully saturated rings. The fourth-order valence-electron chi connectivity index (χ4n) is 8.16. The Morgan fingerprint density at radius 3 is 1.29 bits per heavy atom. The minimum Gasteiger partial charge on any atom is -0.504 e. The molecule has 318 valence electrons. The summed E-state index contributed by atoms with van der Waals surface area (Å²) in [6.45, 7) is 11.0. The van der Waals surface area contributed by atoms with Gasteiger partial charge in [0, 0.05) is 89.0 Å². The Balaban J connectivity index is 1.75. The van der Waals surface area contributed by atoms with Gasteiger partial charge in [0.15, 0.2) is 35.1 Å². The summed E-state index contributed by atoms with van der Waals surface area (Å²) in [7, 11) is 7.41. The van der Waals surface area contributed by atoms with E-state index in [1.807, 2.05) is 65.7 Å². The van der Waals surface area contributed by atoms with E-state index in [-0.39, 0.29) is 34.8 Å². The molecule has 58 heavy (non-hydrogen) atoms. The topological polar surface area (TPSA) is 165 Å². The minimum atomic E-state index is -1.05. The van der Waals surface area contributed by atoms with Gasteiger partial charge in [-0.05, 0) is 88.9 Å². The number of rotatable bonds is 19. The van der Waals surface area contributed by atoms with Gasteiger partial charge in [-0.3, -0.25) is 0 Å². The van der Waals surface area contributed by atoms with Gasteiger partial charge in [0.1, 0.15) is 0 Å². The Morgan fingerprint density at radius 1 is 0.655 bits per heavy atom. The van der Waals surface area contributed by atoms with E-state index in [0.717, 1.165) is 87.2 Å². The van der Waals surface area contributed by atoms with Crippen molar-refractivity contribution in [1.29, 1.82) is 0 Å². The van der Waals surface area contributed by atoms with Crippen LogP contribution in [0.15, 0.2) is 22.1 Å². The van der Waals surface area contributed by atoms with Crippen molar-refractivity contribution in [3.63, 3.8) is 0 Å². The highest BCUT2D eigenvalue weighted by atomic mass is 16.5. The van der Waals surface area contributed by atoms with E-state index in [0.29, 0.717) is 49.9 Å². The number of hydrogen-bond acceptors (Lipinski definition) is 14. The van der Waals surface area contributed by atoms with Gasteiger partial charge < -0.3 is 39.3 Å². The zero-order valence-corrected chi connectivity index (χ0v) is 35.8. The number of benzene rings is 2. The molecule has 0 aliphatic carbocycles. The maximum atomic E-state index is 13.5. The number of ether oxygens (including phenoxy) is 2. The van der Waals surface area contributed by atoms with Crippen LogP contribution in [-0.4, -0.2) is 101 Å². The second-order valence-corrected chi connectivity index (χ2v) is 16.8. The standard InChI is InChI=1S/C44H64N6O8/c1-29(2)23-33(45-27-51)43(55)57-41-37(53)25-35(49-19-13-9-14-20-49)31(39(41)47(5)6)17-11-12-18-32-36(50-21-15-10-16-22-50)26-38(54)42(40(32)48(7)8)58-44(56)34(46-28-52)24-30(3)4/h25-26,29-30,33-34,53-54H,9-24H2,1-8H3/t33-,34-/m0/s1. The fourth-order valence-corrected chi connectivity index (χ4v) is 8.16. The smallest absolute Gasteiger partial charge is 0.337 e. The summed E-state index contributed by atoms with van der Waals surface area (Å²) in [5, 5.41) is 22.9. The molecule has 2 aromatic rings. The number of nitrogens with zero attached hydrogens (tertiary/aromatic N) is 6. The molecule has 0 saturated carbocycles. The first kappa shape index (κ1) is 45.6. The number of carbonyl (C=O) groups is 2. The third kappa shape index (κ3) is 11.8. The zero-order chi connectivity index (χ0) is 42.5.